The summed E-state index contributed by atoms with van der Waals surface area (Å²) in [5.74, 6) is 5.12. The second kappa shape index (κ2) is 12.4. The highest BCUT2D eigenvalue weighted by atomic mass is 16.5. The Morgan fingerprint density at radius 1 is 0.448 bits per heavy atom. The van der Waals surface area contributed by atoms with E-state index in [4.69, 9.17) is 4.74 Å². The van der Waals surface area contributed by atoms with E-state index in [1.165, 1.54) is 119 Å². The van der Waals surface area contributed by atoms with E-state index >= 15 is 0 Å². The van der Waals surface area contributed by atoms with Crippen LogP contribution in [0.1, 0.15) is 147 Å². The summed E-state index contributed by atoms with van der Waals surface area (Å²) >= 11 is 0. The van der Waals surface area contributed by atoms with Crippen molar-refractivity contribution in [3.05, 3.63) is 137 Å². The number of fused-ring (bicyclic) bond motifs is 4. The average molecular weight is 766 g/mol. The summed E-state index contributed by atoms with van der Waals surface area (Å²) in [5.41, 5.74) is 15.5. The van der Waals surface area contributed by atoms with Gasteiger partial charge < -0.3 is 9.64 Å². The maximum atomic E-state index is 7.49. The van der Waals surface area contributed by atoms with Crippen molar-refractivity contribution < 1.29 is 4.74 Å². The van der Waals surface area contributed by atoms with Crippen molar-refractivity contribution in [2.75, 3.05) is 4.90 Å². The predicted octanol–water partition coefficient (Wildman–Crippen LogP) is 15.4. The van der Waals surface area contributed by atoms with Gasteiger partial charge in [-0.05, 0) is 179 Å². The van der Waals surface area contributed by atoms with Gasteiger partial charge in [0.25, 0.3) is 0 Å². The van der Waals surface area contributed by atoms with E-state index in [1.807, 2.05) is 0 Å². The molecule has 7 aliphatic rings. The monoisotopic (exact) mass is 765 g/mol. The van der Waals surface area contributed by atoms with Crippen LogP contribution in [0.4, 0.5) is 17.1 Å². The van der Waals surface area contributed by atoms with Crippen LogP contribution < -0.4 is 9.64 Å². The van der Waals surface area contributed by atoms with E-state index in [-0.39, 0.29) is 27.1 Å². The van der Waals surface area contributed by atoms with Crippen LogP contribution in [0, 0.1) is 23.7 Å². The highest BCUT2D eigenvalue weighted by Gasteiger charge is 2.61. The normalized spacial score (nSPS) is 28.5. The summed E-state index contributed by atoms with van der Waals surface area (Å²) in [6.45, 7) is 19.6. The van der Waals surface area contributed by atoms with Crippen molar-refractivity contribution in [1.29, 1.82) is 0 Å². The summed E-state index contributed by atoms with van der Waals surface area (Å²) in [6, 6.07) is 40.3. The Hall–Kier alpha value is -4.30. The van der Waals surface area contributed by atoms with E-state index in [1.54, 1.807) is 0 Å². The van der Waals surface area contributed by atoms with E-state index < -0.39 is 0 Å². The van der Waals surface area contributed by atoms with Gasteiger partial charge in [-0.2, -0.15) is 0 Å². The lowest BCUT2D eigenvalue weighted by Crippen LogP contribution is -2.57. The van der Waals surface area contributed by atoms with E-state index in [0.717, 1.165) is 23.3 Å². The molecule has 0 atom stereocenters. The summed E-state index contributed by atoms with van der Waals surface area (Å²) < 4.78 is 7.49. The second-order valence-electron chi connectivity index (χ2n) is 22.3. The fourth-order valence-corrected chi connectivity index (χ4v) is 13.8. The number of ether oxygens (including phenoxy) is 1. The Morgan fingerprint density at radius 2 is 0.983 bits per heavy atom. The first-order valence-electron chi connectivity index (χ1n) is 22.8. The van der Waals surface area contributed by atoms with Gasteiger partial charge in [0.05, 0.1) is 5.69 Å². The molecule has 0 N–H and O–H groups in total. The summed E-state index contributed by atoms with van der Waals surface area (Å²) in [6.07, 6.45) is 11.6. The molecule has 1 aliphatic heterocycles. The number of rotatable bonds is 4. The zero-order valence-electron chi connectivity index (χ0n) is 36.3. The lowest BCUT2D eigenvalue weighted by atomic mass is 9.41. The third-order valence-corrected chi connectivity index (χ3v) is 17.0. The zero-order valence-corrected chi connectivity index (χ0v) is 36.3. The molecule has 1 heterocycles. The van der Waals surface area contributed by atoms with Crippen LogP contribution in [0.2, 0.25) is 0 Å². The Balaban J connectivity index is 1.16. The third-order valence-electron chi connectivity index (χ3n) is 17.0. The summed E-state index contributed by atoms with van der Waals surface area (Å²) in [7, 11) is 0. The van der Waals surface area contributed by atoms with E-state index in [0.29, 0.717) is 11.8 Å². The number of hydrogen-bond acceptors (Lipinski definition) is 2. The van der Waals surface area contributed by atoms with Gasteiger partial charge in [0, 0.05) is 27.9 Å². The highest BCUT2D eigenvalue weighted by molar-refractivity contribution is 5.85. The molecule has 6 aliphatic carbocycles. The molecule has 12 rings (SSSR count). The Morgan fingerprint density at radius 3 is 1.53 bits per heavy atom. The molecule has 0 aromatic heterocycles. The van der Waals surface area contributed by atoms with E-state index in [9.17, 15) is 0 Å². The van der Waals surface area contributed by atoms with Crippen molar-refractivity contribution >= 4 is 17.1 Å². The van der Waals surface area contributed by atoms with Crippen molar-refractivity contribution in [1.82, 2.24) is 0 Å². The lowest BCUT2D eigenvalue weighted by molar-refractivity contribution is -0.0451. The molecule has 5 aromatic carbocycles. The fourth-order valence-electron chi connectivity index (χ4n) is 13.8. The van der Waals surface area contributed by atoms with Gasteiger partial charge in [0.15, 0.2) is 5.75 Å². The quantitative estimate of drug-likeness (QED) is 0.181. The van der Waals surface area contributed by atoms with Crippen LogP contribution in [-0.2, 0) is 27.1 Å². The molecular formula is C56H63NO. The molecule has 2 nitrogen and oxygen atoms in total. The van der Waals surface area contributed by atoms with Crippen molar-refractivity contribution in [2.24, 2.45) is 23.7 Å². The van der Waals surface area contributed by atoms with Gasteiger partial charge in [-0.1, -0.05) is 116 Å². The molecule has 1 spiro atoms. The number of benzene rings is 5. The van der Waals surface area contributed by atoms with Crippen LogP contribution >= 0.6 is 0 Å². The number of nitrogens with zero attached hydrogens (tertiary/aromatic N) is 1. The minimum atomic E-state index is -0.0630. The molecule has 2 heteroatoms. The maximum Gasteiger partial charge on any atom is 0.155 e. The Kier molecular flexibility index (Phi) is 7.84. The maximum absolute atomic E-state index is 7.49. The van der Waals surface area contributed by atoms with Crippen molar-refractivity contribution in [3.63, 3.8) is 0 Å². The van der Waals surface area contributed by atoms with Crippen molar-refractivity contribution in [2.45, 2.75) is 140 Å². The van der Waals surface area contributed by atoms with Gasteiger partial charge in [0.1, 0.15) is 5.75 Å². The molecule has 4 saturated carbocycles. The SMILES string of the molecule is CC1(C)CCC(C)(C)c2cc(N(c3ccc4c(c3)C(C)(C)CCC4(C)C)c3cccc4c3Oc3ccc(-c5ccccc5)cc3C43C4CC5CC(C4)CC3C5)ccc21. The molecule has 4 bridgehead atoms. The van der Waals surface area contributed by atoms with Gasteiger partial charge in [-0.3, -0.25) is 0 Å². The average Bonchev–Trinajstić information content (AvgIpc) is 3.20. The summed E-state index contributed by atoms with van der Waals surface area (Å²) in [4.78, 5) is 2.60. The highest BCUT2D eigenvalue weighted by Crippen LogP contribution is 2.70. The first kappa shape index (κ1) is 36.8. The predicted molar refractivity (Wildman–Crippen MR) is 241 cm³/mol. The molecule has 58 heavy (non-hydrogen) atoms. The molecule has 5 aromatic rings. The minimum absolute atomic E-state index is 0.0630. The van der Waals surface area contributed by atoms with Gasteiger partial charge >= 0.3 is 0 Å². The third kappa shape index (κ3) is 5.28. The van der Waals surface area contributed by atoms with Crippen molar-refractivity contribution in [3.8, 4) is 22.6 Å². The number of para-hydroxylation sites is 1. The Bertz CT molecular complexity index is 2350. The zero-order chi connectivity index (χ0) is 40.0. The standard InChI is InChI=1S/C56H63NO/c1-52(2)23-25-54(5,6)46-33-41(18-20-43(46)52)57(42-19-21-44-47(34-42)55(7,8)26-24-53(44,3)4)49-16-12-15-45-51(49)58-50-22-17-38(37-13-10-9-11-14-37)32-48(50)56(45)39-28-35-27-36(30-39)31-40(56)29-35/h9-22,32-36,39-40H,23-31H2,1-8H3. The largest absolute Gasteiger partial charge is 0.455 e. The van der Waals surface area contributed by atoms with Crippen LogP contribution in [0.3, 0.4) is 0 Å². The van der Waals surface area contributed by atoms with Crippen LogP contribution in [0.5, 0.6) is 11.5 Å². The van der Waals surface area contributed by atoms with Gasteiger partial charge in [0.2, 0.25) is 0 Å². The minimum Gasteiger partial charge on any atom is -0.455 e. The smallest absolute Gasteiger partial charge is 0.155 e. The lowest BCUT2D eigenvalue weighted by Gasteiger charge is -2.63. The topological polar surface area (TPSA) is 12.5 Å². The van der Waals surface area contributed by atoms with Crippen LogP contribution in [0.15, 0.2) is 103 Å². The number of anilines is 3. The first-order chi connectivity index (χ1) is 27.7. The molecular weight excluding hydrogens is 703 g/mol. The number of hydrogen-bond donors (Lipinski definition) is 0. The fraction of sp³-hybridized carbons (Fsp3) is 0.464. The first-order valence-corrected chi connectivity index (χ1v) is 22.8. The summed E-state index contributed by atoms with van der Waals surface area (Å²) in [5, 5.41) is 0. The molecule has 0 saturated heterocycles. The molecule has 298 valence electrons. The molecule has 4 fully saturated rings. The van der Waals surface area contributed by atoms with Gasteiger partial charge in [-0.25, -0.2) is 0 Å². The molecule has 0 unspecified atom stereocenters. The molecule has 0 amide bonds. The Labute approximate surface area is 348 Å². The van der Waals surface area contributed by atoms with E-state index in [2.05, 4.69) is 163 Å². The van der Waals surface area contributed by atoms with Crippen LogP contribution in [0.25, 0.3) is 11.1 Å². The van der Waals surface area contributed by atoms with Gasteiger partial charge in [-0.15, -0.1) is 0 Å². The second-order valence-corrected chi connectivity index (χ2v) is 22.3. The molecule has 0 radical (unpaired) electrons. The van der Waals surface area contributed by atoms with Crippen LogP contribution in [-0.4, -0.2) is 0 Å².